The van der Waals surface area contributed by atoms with Gasteiger partial charge in [0.25, 0.3) is 0 Å². The van der Waals surface area contributed by atoms with Gasteiger partial charge in [-0.2, -0.15) is 0 Å². The number of hydrazine groups is 1. The van der Waals surface area contributed by atoms with Crippen LogP contribution in [0.25, 0.3) is 0 Å². The van der Waals surface area contributed by atoms with Gasteiger partial charge in [0.1, 0.15) is 5.82 Å². The quantitative estimate of drug-likeness (QED) is 0.573. The third-order valence-corrected chi connectivity index (χ3v) is 3.53. The largest absolute Gasteiger partial charge is 0.378 e. The molecule has 3 N–H and O–H groups in total. The molecule has 0 aliphatic carbocycles. The SMILES string of the molecule is CCCn1ccnc1C(CCC1CCCO1)NN. The highest BCUT2D eigenvalue weighted by atomic mass is 16.5. The number of aryl methyl sites for hydroxylation is 1. The molecule has 1 aliphatic heterocycles. The Hall–Kier alpha value is -0.910. The summed E-state index contributed by atoms with van der Waals surface area (Å²) in [4.78, 5) is 4.43. The molecule has 2 atom stereocenters. The number of hydrogen-bond acceptors (Lipinski definition) is 4. The third kappa shape index (κ3) is 3.31. The molecule has 1 fully saturated rings. The van der Waals surface area contributed by atoms with Crippen molar-refractivity contribution < 1.29 is 4.74 Å². The first-order valence-corrected chi connectivity index (χ1v) is 6.94. The molecule has 5 nitrogen and oxygen atoms in total. The molecule has 0 amide bonds. The monoisotopic (exact) mass is 252 g/mol. The lowest BCUT2D eigenvalue weighted by Crippen LogP contribution is -2.31. The van der Waals surface area contributed by atoms with E-state index in [1.54, 1.807) is 0 Å². The Morgan fingerprint density at radius 3 is 3.22 bits per heavy atom. The normalized spacial score (nSPS) is 21.3. The second-order valence-corrected chi connectivity index (χ2v) is 4.91. The average molecular weight is 252 g/mol. The summed E-state index contributed by atoms with van der Waals surface area (Å²) in [5.74, 6) is 6.71. The lowest BCUT2D eigenvalue weighted by molar-refractivity contribution is 0.0992. The number of rotatable bonds is 7. The summed E-state index contributed by atoms with van der Waals surface area (Å²) in [6.45, 7) is 4.07. The Labute approximate surface area is 109 Å². The van der Waals surface area contributed by atoms with Crippen LogP contribution in [0.1, 0.15) is 50.9 Å². The van der Waals surface area contributed by atoms with Crippen LogP contribution in [-0.4, -0.2) is 22.3 Å². The second-order valence-electron chi connectivity index (χ2n) is 4.91. The number of aromatic nitrogens is 2. The van der Waals surface area contributed by atoms with E-state index in [4.69, 9.17) is 10.6 Å². The summed E-state index contributed by atoms with van der Waals surface area (Å²) in [5.41, 5.74) is 2.89. The van der Waals surface area contributed by atoms with Crippen LogP contribution < -0.4 is 11.3 Å². The van der Waals surface area contributed by atoms with Crippen LogP contribution in [0, 0.1) is 0 Å². The van der Waals surface area contributed by atoms with E-state index in [2.05, 4.69) is 21.9 Å². The van der Waals surface area contributed by atoms with Gasteiger partial charge in [0.05, 0.1) is 12.1 Å². The van der Waals surface area contributed by atoms with E-state index in [1.165, 1.54) is 12.8 Å². The fraction of sp³-hybridized carbons (Fsp3) is 0.769. The van der Waals surface area contributed by atoms with E-state index in [0.29, 0.717) is 6.10 Å². The van der Waals surface area contributed by atoms with E-state index >= 15 is 0 Å². The van der Waals surface area contributed by atoms with Crippen molar-refractivity contribution in [1.29, 1.82) is 0 Å². The molecule has 1 saturated heterocycles. The zero-order chi connectivity index (χ0) is 12.8. The number of nitrogens with one attached hydrogen (secondary N) is 1. The summed E-state index contributed by atoms with van der Waals surface area (Å²) in [6, 6.07) is 0.121. The van der Waals surface area contributed by atoms with Gasteiger partial charge in [0, 0.05) is 25.5 Å². The van der Waals surface area contributed by atoms with Crippen LogP contribution in [0.3, 0.4) is 0 Å². The highest BCUT2D eigenvalue weighted by molar-refractivity contribution is 4.99. The third-order valence-electron chi connectivity index (χ3n) is 3.53. The summed E-state index contributed by atoms with van der Waals surface area (Å²) in [7, 11) is 0. The fourth-order valence-corrected chi connectivity index (χ4v) is 2.57. The van der Waals surface area contributed by atoms with Gasteiger partial charge in [-0.1, -0.05) is 6.92 Å². The van der Waals surface area contributed by atoms with Crippen LogP contribution in [0.5, 0.6) is 0 Å². The number of ether oxygens (including phenoxy) is 1. The van der Waals surface area contributed by atoms with Crippen molar-refractivity contribution in [2.45, 2.75) is 57.7 Å². The Morgan fingerprint density at radius 2 is 2.56 bits per heavy atom. The first-order chi connectivity index (χ1) is 8.85. The molecule has 18 heavy (non-hydrogen) atoms. The molecule has 1 aliphatic rings. The standard InChI is InChI=1S/C13H24N4O/c1-2-8-17-9-7-15-13(17)12(16-14)6-5-11-4-3-10-18-11/h7,9,11-12,16H,2-6,8,10,14H2,1H3. The van der Waals surface area contributed by atoms with Gasteiger partial charge in [0.15, 0.2) is 0 Å². The van der Waals surface area contributed by atoms with Crippen molar-refractivity contribution in [2.24, 2.45) is 5.84 Å². The highest BCUT2D eigenvalue weighted by Crippen LogP contribution is 2.22. The van der Waals surface area contributed by atoms with Crippen LogP contribution in [-0.2, 0) is 11.3 Å². The molecule has 0 bridgehead atoms. The Morgan fingerprint density at radius 1 is 1.67 bits per heavy atom. The summed E-state index contributed by atoms with van der Waals surface area (Å²) < 4.78 is 7.83. The maximum Gasteiger partial charge on any atom is 0.127 e. The molecule has 102 valence electrons. The van der Waals surface area contributed by atoms with E-state index in [0.717, 1.165) is 38.2 Å². The van der Waals surface area contributed by atoms with Gasteiger partial charge < -0.3 is 9.30 Å². The maximum atomic E-state index is 5.67. The fourth-order valence-electron chi connectivity index (χ4n) is 2.57. The van der Waals surface area contributed by atoms with E-state index in [9.17, 15) is 0 Å². The minimum Gasteiger partial charge on any atom is -0.378 e. The molecule has 0 radical (unpaired) electrons. The van der Waals surface area contributed by atoms with Gasteiger partial charge in [-0.15, -0.1) is 0 Å². The second kappa shape index (κ2) is 6.87. The number of nitrogens with zero attached hydrogens (tertiary/aromatic N) is 2. The molecule has 5 heteroatoms. The Bertz CT molecular complexity index is 347. The van der Waals surface area contributed by atoms with Crippen LogP contribution >= 0.6 is 0 Å². The van der Waals surface area contributed by atoms with Gasteiger partial charge >= 0.3 is 0 Å². The highest BCUT2D eigenvalue weighted by Gasteiger charge is 2.20. The van der Waals surface area contributed by atoms with Crippen molar-refractivity contribution in [2.75, 3.05) is 6.61 Å². The van der Waals surface area contributed by atoms with Crippen LogP contribution in [0.15, 0.2) is 12.4 Å². The molecule has 0 saturated carbocycles. The zero-order valence-electron chi connectivity index (χ0n) is 11.1. The topological polar surface area (TPSA) is 65.1 Å². The summed E-state index contributed by atoms with van der Waals surface area (Å²) in [6.07, 6.45) is 9.78. The molecular formula is C13H24N4O. The Kier molecular flexibility index (Phi) is 5.16. The van der Waals surface area contributed by atoms with E-state index in [1.807, 2.05) is 12.4 Å². The van der Waals surface area contributed by atoms with Crippen molar-refractivity contribution in [1.82, 2.24) is 15.0 Å². The molecule has 0 spiro atoms. The molecule has 1 aromatic rings. The first kappa shape index (κ1) is 13.5. The summed E-state index contributed by atoms with van der Waals surface area (Å²) >= 11 is 0. The Balaban J connectivity index is 1.91. The molecule has 2 unspecified atom stereocenters. The predicted molar refractivity (Wildman–Crippen MR) is 70.8 cm³/mol. The molecule has 2 heterocycles. The molecule has 1 aromatic heterocycles. The number of hydrogen-bond donors (Lipinski definition) is 2. The lowest BCUT2D eigenvalue weighted by atomic mass is 10.1. The van der Waals surface area contributed by atoms with Gasteiger partial charge in [-0.25, -0.2) is 10.4 Å². The van der Waals surface area contributed by atoms with Crippen molar-refractivity contribution in [3.8, 4) is 0 Å². The van der Waals surface area contributed by atoms with Crippen molar-refractivity contribution >= 4 is 0 Å². The molecule has 2 rings (SSSR count). The van der Waals surface area contributed by atoms with Crippen molar-refractivity contribution in [3.05, 3.63) is 18.2 Å². The van der Waals surface area contributed by atoms with Gasteiger partial charge in [-0.3, -0.25) is 5.84 Å². The predicted octanol–water partition coefficient (Wildman–Crippen LogP) is 1.76. The summed E-state index contributed by atoms with van der Waals surface area (Å²) in [5, 5.41) is 0. The smallest absolute Gasteiger partial charge is 0.127 e. The van der Waals surface area contributed by atoms with Crippen LogP contribution in [0.2, 0.25) is 0 Å². The van der Waals surface area contributed by atoms with E-state index in [-0.39, 0.29) is 6.04 Å². The molecule has 0 aromatic carbocycles. The first-order valence-electron chi connectivity index (χ1n) is 6.94. The number of nitrogens with two attached hydrogens (primary N) is 1. The minimum atomic E-state index is 0.121. The van der Waals surface area contributed by atoms with Gasteiger partial charge in [0.2, 0.25) is 0 Å². The number of imidazole rings is 1. The molecular weight excluding hydrogens is 228 g/mol. The lowest BCUT2D eigenvalue weighted by Gasteiger charge is -2.18. The van der Waals surface area contributed by atoms with Crippen molar-refractivity contribution in [3.63, 3.8) is 0 Å². The van der Waals surface area contributed by atoms with E-state index < -0.39 is 0 Å². The minimum absolute atomic E-state index is 0.121. The van der Waals surface area contributed by atoms with Gasteiger partial charge in [-0.05, 0) is 32.1 Å². The zero-order valence-corrected chi connectivity index (χ0v) is 11.1. The van der Waals surface area contributed by atoms with Crippen LogP contribution in [0.4, 0.5) is 0 Å². The average Bonchev–Trinajstić information content (AvgIpc) is 3.02. The maximum absolute atomic E-state index is 5.67.